The van der Waals surface area contributed by atoms with E-state index < -0.39 is 5.82 Å². The quantitative estimate of drug-likeness (QED) is 0.646. The van der Waals surface area contributed by atoms with Gasteiger partial charge in [-0.25, -0.2) is 9.37 Å². The van der Waals surface area contributed by atoms with Gasteiger partial charge in [0.2, 0.25) is 0 Å². The second kappa shape index (κ2) is 5.43. The number of halogens is 3. The van der Waals surface area contributed by atoms with Crippen LogP contribution in [0.25, 0.3) is 11.0 Å². The molecule has 1 heterocycles. The summed E-state index contributed by atoms with van der Waals surface area (Å²) in [5.41, 5.74) is 2.81. The molecule has 0 aliphatic carbocycles. The van der Waals surface area contributed by atoms with Gasteiger partial charge in [-0.2, -0.15) is 0 Å². The first-order valence-electron chi connectivity index (χ1n) is 6.13. The normalized spacial score (nSPS) is 11.2. The van der Waals surface area contributed by atoms with E-state index >= 15 is 0 Å². The molecule has 0 radical (unpaired) electrons. The molecule has 3 aromatic rings. The lowest BCUT2D eigenvalue weighted by Crippen LogP contribution is -2.04. The second-order valence-electron chi connectivity index (χ2n) is 4.48. The number of benzene rings is 2. The van der Waals surface area contributed by atoms with Crippen LogP contribution < -0.4 is 0 Å². The highest BCUT2D eigenvalue weighted by atomic mass is 35.5. The number of hydrogen-bond donors (Lipinski definition) is 0. The zero-order valence-corrected chi connectivity index (χ0v) is 12.0. The van der Waals surface area contributed by atoms with Gasteiger partial charge >= 0.3 is 0 Å². The fourth-order valence-electron chi connectivity index (χ4n) is 2.22. The Morgan fingerprint density at radius 1 is 1.15 bits per heavy atom. The molecular weight excluding hydrogens is 298 g/mol. The molecule has 0 aliphatic heterocycles. The Morgan fingerprint density at radius 2 is 1.95 bits per heavy atom. The molecule has 0 N–H and O–H groups in total. The van der Waals surface area contributed by atoms with Gasteiger partial charge in [0, 0.05) is 6.54 Å². The average molecular weight is 309 g/mol. The molecule has 0 spiro atoms. The van der Waals surface area contributed by atoms with Crippen molar-refractivity contribution in [3.05, 3.63) is 64.7 Å². The summed E-state index contributed by atoms with van der Waals surface area (Å²) >= 11 is 11.8. The summed E-state index contributed by atoms with van der Waals surface area (Å²) in [4.78, 5) is 4.49. The van der Waals surface area contributed by atoms with Gasteiger partial charge in [0.05, 0.1) is 21.9 Å². The van der Waals surface area contributed by atoms with Crippen LogP contribution in [0.1, 0.15) is 11.4 Å². The minimum Gasteiger partial charge on any atom is -0.322 e. The molecule has 0 bridgehead atoms. The molecule has 2 nitrogen and oxygen atoms in total. The number of nitrogens with zero attached hydrogens (tertiary/aromatic N) is 2. The van der Waals surface area contributed by atoms with Gasteiger partial charge in [-0.05, 0) is 29.8 Å². The standard InChI is InChI=1S/C15H11Cl2FN2/c16-8-15-19-13-3-1-2-4-14(13)20(15)9-10-5-6-12(18)11(17)7-10/h1-7H,8-9H2. The van der Waals surface area contributed by atoms with Crippen molar-refractivity contribution in [2.45, 2.75) is 12.4 Å². The first-order valence-corrected chi connectivity index (χ1v) is 7.04. The van der Waals surface area contributed by atoms with Gasteiger partial charge in [-0.1, -0.05) is 29.8 Å². The third-order valence-electron chi connectivity index (χ3n) is 3.18. The van der Waals surface area contributed by atoms with E-state index in [1.54, 1.807) is 12.1 Å². The van der Waals surface area contributed by atoms with Gasteiger partial charge in [-0.3, -0.25) is 0 Å². The number of para-hydroxylation sites is 2. The monoisotopic (exact) mass is 308 g/mol. The van der Waals surface area contributed by atoms with Crippen LogP contribution in [-0.2, 0) is 12.4 Å². The SMILES string of the molecule is Fc1ccc(Cn2c(CCl)nc3ccccc32)cc1Cl. The van der Waals surface area contributed by atoms with Crippen molar-refractivity contribution in [3.8, 4) is 0 Å². The van der Waals surface area contributed by atoms with E-state index in [1.165, 1.54) is 6.07 Å². The van der Waals surface area contributed by atoms with Crippen LogP contribution >= 0.6 is 23.2 Å². The molecule has 0 atom stereocenters. The third-order valence-corrected chi connectivity index (χ3v) is 3.71. The minimum atomic E-state index is -0.413. The molecular formula is C15H11Cl2FN2. The van der Waals surface area contributed by atoms with Crippen molar-refractivity contribution >= 4 is 34.2 Å². The fraction of sp³-hybridized carbons (Fsp3) is 0.133. The van der Waals surface area contributed by atoms with Crippen molar-refractivity contribution in [1.29, 1.82) is 0 Å². The zero-order valence-electron chi connectivity index (χ0n) is 10.5. The van der Waals surface area contributed by atoms with Crippen molar-refractivity contribution < 1.29 is 4.39 Å². The Bertz CT molecular complexity index is 768. The maximum absolute atomic E-state index is 13.2. The number of hydrogen-bond acceptors (Lipinski definition) is 1. The van der Waals surface area contributed by atoms with E-state index in [0.29, 0.717) is 12.4 Å². The van der Waals surface area contributed by atoms with Crippen LogP contribution in [0, 0.1) is 5.82 Å². The summed E-state index contributed by atoms with van der Waals surface area (Å²) in [5.74, 6) is 0.695. The van der Waals surface area contributed by atoms with E-state index in [9.17, 15) is 4.39 Å². The molecule has 0 saturated carbocycles. The summed E-state index contributed by atoms with van der Waals surface area (Å²) in [5, 5.41) is 0.124. The van der Waals surface area contributed by atoms with Crippen LogP contribution in [-0.4, -0.2) is 9.55 Å². The third kappa shape index (κ3) is 2.39. The van der Waals surface area contributed by atoms with Crippen molar-refractivity contribution in [1.82, 2.24) is 9.55 Å². The summed E-state index contributed by atoms with van der Waals surface area (Å²) in [7, 11) is 0. The van der Waals surface area contributed by atoms with E-state index in [-0.39, 0.29) is 5.02 Å². The lowest BCUT2D eigenvalue weighted by atomic mass is 10.2. The highest BCUT2D eigenvalue weighted by Gasteiger charge is 2.10. The smallest absolute Gasteiger partial charge is 0.141 e. The summed E-state index contributed by atoms with van der Waals surface area (Å²) in [6.07, 6.45) is 0. The molecule has 0 saturated heterocycles. The Labute approximate surface area is 125 Å². The fourth-order valence-corrected chi connectivity index (χ4v) is 2.63. The van der Waals surface area contributed by atoms with Crippen molar-refractivity contribution in [2.24, 2.45) is 0 Å². The second-order valence-corrected chi connectivity index (χ2v) is 5.16. The van der Waals surface area contributed by atoms with Gasteiger partial charge < -0.3 is 4.57 Å². The number of imidazole rings is 1. The van der Waals surface area contributed by atoms with Crippen LogP contribution in [0.4, 0.5) is 4.39 Å². The van der Waals surface area contributed by atoms with Crippen LogP contribution in [0.5, 0.6) is 0 Å². The molecule has 0 amide bonds. The molecule has 0 unspecified atom stereocenters. The summed E-state index contributed by atoms with van der Waals surface area (Å²) in [6, 6.07) is 12.5. The molecule has 3 rings (SSSR count). The molecule has 1 aromatic heterocycles. The van der Waals surface area contributed by atoms with Crippen molar-refractivity contribution in [2.75, 3.05) is 0 Å². The van der Waals surface area contributed by atoms with E-state index in [4.69, 9.17) is 23.2 Å². The highest BCUT2D eigenvalue weighted by Crippen LogP contribution is 2.21. The lowest BCUT2D eigenvalue weighted by molar-refractivity contribution is 0.626. The maximum Gasteiger partial charge on any atom is 0.141 e. The molecule has 0 fully saturated rings. The van der Waals surface area contributed by atoms with Gasteiger partial charge in [0.15, 0.2) is 0 Å². The summed E-state index contributed by atoms with van der Waals surface area (Å²) < 4.78 is 15.2. The zero-order chi connectivity index (χ0) is 14.1. The van der Waals surface area contributed by atoms with Gasteiger partial charge in [-0.15, -0.1) is 11.6 Å². The van der Waals surface area contributed by atoms with E-state index in [0.717, 1.165) is 22.4 Å². The number of rotatable bonds is 3. The van der Waals surface area contributed by atoms with Gasteiger partial charge in [0.1, 0.15) is 11.6 Å². The minimum absolute atomic E-state index is 0.124. The first-order chi connectivity index (χ1) is 9.69. The number of aromatic nitrogens is 2. The van der Waals surface area contributed by atoms with E-state index in [2.05, 4.69) is 4.98 Å². The largest absolute Gasteiger partial charge is 0.322 e. The molecule has 102 valence electrons. The Morgan fingerprint density at radius 3 is 2.70 bits per heavy atom. The average Bonchev–Trinajstić information content (AvgIpc) is 2.81. The first kappa shape index (κ1) is 13.4. The summed E-state index contributed by atoms with van der Waals surface area (Å²) in [6.45, 7) is 0.558. The topological polar surface area (TPSA) is 17.8 Å². The Balaban J connectivity index is 2.07. The molecule has 5 heteroatoms. The Hall–Kier alpha value is -1.58. The van der Waals surface area contributed by atoms with E-state index in [1.807, 2.05) is 28.8 Å². The molecule has 20 heavy (non-hydrogen) atoms. The van der Waals surface area contributed by atoms with Gasteiger partial charge in [0.25, 0.3) is 0 Å². The van der Waals surface area contributed by atoms with Crippen LogP contribution in [0.2, 0.25) is 5.02 Å². The number of alkyl halides is 1. The molecule has 2 aromatic carbocycles. The Kier molecular flexibility index (Phi) is 3.64. The maximum atomic E-state index is 13.2. The van der Waals surface area contributed by atoms with Crippen LogP contribution in [0.15, 0.2) is 42.5 Å². The molecule has 0 aliphatic rings. The highest BCUT2D eigenvalue weighted by molar-refractivity contribution is 6.30. The van der Waals surface area contributed by atoms with Crippen molar-refractivity contribution in [3.63, 3.8) is 0 Å². The predicted octanol–water partition coefficient (Wildman–Crippen LogP) is 4.62. The number of fused-ring (bicyclic) bond motifs is 1. The predicted molar refractivity (Wildman–Crippen MR) is 79.8 cm³/mol. The lowest BCUT2D eigenvalue weighted by Gasteiger charge is -2.08. The van der Waals surface area contributed by atoms with Crippen LogP contribution in [0.3, 0.4) is 0 Å².